The van der Waals surface area contributed by atoms with Crippen LogP contribution in [0.3, 0.4) is 0 Å². The lowest BCUT2D eigenvalue weighted by molar-refractivity contribution is -0.132. The maximum atomic E-state index is 12.9. The molecule has 0 aliphatic carbocycles. The fraction of sp³-hybridized carbons (Fsp3) is 0.200. The Kier molecular flexibility index (Phi) is 5.22. The summed E-state index contributed by atoms with van der Waals surface area (Å²) in [6.45, 7) is 2.89. The van der Waals surface area contributed by atoms with Crippen molar-refractivity contribution in [2.45, 2.75) is 19.4 Å². The Morgan fingerprint density at radius 3 is 2.52 bits per heavy atom. The Balaban J connectivity index is 1.81. The summed E-state index contributed by atoms with van der Waals surface area (Å²) in [4.78, 5) is 49.1. The van der Waals surface area contributed by atoms with Crippen molar-refractivity contribution in [3.63, 3.8) is 0 Å². The van der Waals surface area contributed by atoms with Gasteiger partial charge in [-0.15, -0.1) is 0 Å². The van der Waals surface area contributed by atoms with Crippen molar-refractivity contribution in [1.82, 2.24) is 15.8 Å². The van der Waals surface area contributed by atoms with Gasteiger partial charge in [0.15, 0.2) is 0 Å². The number of amides is 5. The lowest BCUT2D eigenvalue weighted by Gasteiger charge is -2.22. The highest BCUT2D eigenvalue weighted by atomic mass is 16.5. The van der Waals surface area contributed by atoms with Crippen LogP contribution in [0.2, 0.25) is 0 Å². The number of hydrazine groups is 1. The SMILES string of the molecule is COc1cccc(C2(C)NC(=O)N(NC(=O)c3cccc(NC(C)=O)c3)C2=O)c1. The molecule has 29 heavy (non-hydrogen) atoms. The molecular weight excluding hydrogens is 376 g/mol. The van der Waals surface area contributed by atoms with Gasteiger partial charge in [-0.1, -0.05) is 18.2 Å². The van der Waals surface area contributed by atoms with Crippen LogP contribution in [0.1, 0.15) is 29.8 Å². The summed E-state index contributed by atoms with van der Waals surface area (Å²) in [5.41, 5.74) is 2.06. The van der Waals surface area contributed by atoms with Gasteiger partial charge in [-0.05, 0) is 42.8 Å². The molecule has 2 aromatic rings. The fourth-order valence-electron chi connectivity index (χ4n) is 2.98. The fourth-order valence-corrected chi connectivity index (χ4v) is 2.98. The maximum absolute atomic E-state index is 12.9. The second-order valence-corrected chi connectivity index (χ2v) is 6.63. The molecule has 1 atom stereocenters. The van der Waals surface area contributed by atoms with Gasteiger partial charge in [0.05, 0.1) is 7.11 Å². The van der Waals surface area contributed by atoms with E-state index in [0.29, 0.717) is 22.0 Å². The molecule has 1 saturated heterocycles. The van der Waals surface area contributed by atoms with Crippen molar-refractivity contribution in [2.75, 3.05) is 12.4 Å². The summed E-state index contributed by atoms with van der Waals surface area (Å²) in [5, 5.41) is 5.81. The minimum absolute atomic E-state index is 0.173. The smallest absolute Gasteiger partial charge is 0.344 e. The Hall–Kier alpha value is -3.88. The first kappa shape index (κ1) is 19.9. The van der Waals surface area contributed by atoms with E-state index in [2.05, 4.69) is 16.1 Å². The van der Waals surface area contributed by atoms with Gasteiger partial charge in [0.2, 0.25) is 5.91 Å². The summed E-state index contributed by atoms with van der Waals surface area (Å²) < 4.78 is 5.17. The van der Waals surface area contributed by atoms with Gasteiger partial charge in [-0.25, -0.2) is 4.79 Å². The topological polar surface area (TPSA) is 117 Å². The molecule has 0 spiro atoms. The van der Waals surface area contributed by atoms with Crippen LogP contribution < -0.4 is 20.8 Å². The molecule has 0 bridgehead atoms. The second-order valence-electron chi connectivity index (χ2n) is 6.63. The van der Waals surface area contributed by atoms with Gasteiger partial charge >= 0.3 is 6.03 Å². The number of hydrogen-bond donors (Lipinski definition) is 3. The van der Waals surface area contributed by atoms with Crippen molar-refractivity contribution >= 4 is 29.4 Å². The molecule has 150 valence electrons. The van der Waals surface area contributed by atoms with Crippen LogP contribution in [-0.2, 0) is 15.1 Å². The Morgan fingerprint density at radius 2 is 1.83 bits per heavy atom. The normalized spacial score (nSPS) is 18.2. The molecular formula is C20H20N4O5. The van der Waals surface area contributed by atoms with Crippen LogP contribution in [-0.4, -0.2) is 35.9 Å². The van der Waals surface area contributed by atoms with E-state index in [0.717, 1.165) is 0 Å². The van der Waals surface area contributed by atoms with Crippen molar-refractivity contribution < 1.29 is 23.9 Å². The molecule has 1 aliphatic rings. The zero-order valence-corrected chi connectivity index (χ0v) is 16.1. The number of carbonyl (C=O) groups excluding carboxylic acids is 4. The molecule has 0 aromatic heterocycles. The largest absolute Gasteiger partial charge is 0.497 e. The monoisotopic (exact) mass is 396 g/mol. The third-order valence-corrected chi connectivity index (χ3v) is 4.50. The summed E-state index contributed by atoms with van der Waals surface area (Å²) in [5.74, 6) is -1.06. The highest BCUT2D eigenvalue weighted by molar-refractivity contribution is 6.09. The molecule has 0 radical (unpaired) electrons. The first-order valence-corrected chi connectivity index (χ1v) is 8.74. The van der Waals surface area contributed by atoms with Gasteiger partial charge in [-0.2, -0.15) is 5.01 Å². The summed E-state index contributed by atoms with van der Waals surface area (Å²) in [6, 6.07) is 12.1. The first-order chi connectivity index (χ1) is 13.7. The lowest BCUT2D eigenvalue weighted by Crippen LogP contribution is -2.47. The molecule has 3 rings (SSSR count). The van der Waals surface area contributed by atoms with E-state index < -0.39 is 23.4 Å². The summed E-state index contributed by atoms with van der Waals surface area (Å²) in [6.07, 6.45) is 0. The molecule has 5 amide bonds. The first-order valence-electron chi connectivity index (χ1n) is 8.74. The number of benzene rings is 2. The molecule has 9 heteroatoms. The van der Waals surface area contributed by atoms with Gasteiger partial charge in [0.25, 0.3) is 11.8 Å². The number of rotatable bonds is 5. The molecule has 1 aliphatic heterocycles. The maximum Gasteiger partial charge on any atom is 0.344 e. The number of methoxy groups -OCH3 is 1. The van der Waals surface area contributed by atoms with Crippen LogP contribution in [0.15, 0.2) is 48.5 Å². The van der Waals surface area contributed by atoms with Gasteiger partial charge in [-0.3, -0.25) is 19.8 Å². The zero-order valence-electron chi connectivity index (χ0n) is 16.1. The van der Waals surface area contributed by atoms with Crippen LogP contribution in [0.25, 0.3) is 0 Å². The van der Waals surface area contributed by atoms with E-state index in [-0.39, 0.29) is 11.5 Å². The van der Waals surface area contributed by atoms with Crippen LogP contribution in [0.5, 0.6) is 5.75 Å². The Bertz CT molecular complexity index is 1010. The van der Waals surface area contributed by atoms with E-state index in [1.807, 2.05) is 0 Å². The number of anilines is 1. The third kappa shape index (κ3) is 3.88. The highest BCUT2D eigenvalue weighted by Gasteiger charge is 2.50. The van der Waals surface area contributed by atoms with Gasteiger partial charge in [0, 0.05) is 18.2 Å². The van der Waals surface area contributed by atoms with Crippen molar-refractivity contribution in [1.29, 1.82) is 0 Å². The van der Waals surface area contributed by atoms with Crippen molar-refractivity contribution in [2.24, 2.45) is 0 Å². The molecule has 1 unspecified atom stereocenters. The van der Waals surface area contributed by atoms with Crippen LogP contribution >= 0.6 is 0 Å². The van der Waals surface area contributed by atoms with Crippen molar-refractivity contribution in [3.8, 4) is 5.75 Å². The number of urea groups is 1. The molecule has 1 heterocycles. The molecule has 3 N–H and O–H groups in total. The lowest BCUT2D eigenvalue weighted by atomic mass is 9.92. The van der Waals surface area contributed by atoms with Gasteiger partial charge < -0.3 is 15.4 Å². The highest BCUT2D eigenvalue weighted by Crippen LogP contribution is 2.30. The Labute approximate surface area is 167 Å². The zero-order chi connectivity index (χ0) is 21.2. The van der Waals surface area contributed by atoms with Crippen LogP contribution in [0, 0.1) is 0 Å². The minimum atomic E-state index is -1.36. The number of imide groups is 1. The van der Waals surface area contributed by atoms with Crippen LogP contribution in [0.4, 0.5) is 10.5 Å². The van der Waals surface area contributed by atoms with E-state index in [1.54, 1.807) is 43.3 Å². The predicted molar refractivity (Wildman–Crippen MR) is 104 cm³/mol. The summed E-state index contributed by atoms with van der Waals surface area (Å²) >= 11 is 0. The van der Waals surface area contributed by atoms with Crippen molar-refractivity contribution in [3.05, 3.63) is 59.7 Å². The molecule has 1 fully saturated rings. The van der Waals surface area contributed by atoms with Gasteiger partial charge in [0.1, 0.15) is 11.3 Å². The predicted octanol–water partition coefficient (Wildman–Crippen LogP) is 1.77. The molecule has 9 nitrogen and oxygen atoms in total. The summed E-state index contributed by atoms with van der Waals surface area (Å²) in [7, 11) is 1.50. The third-order valence-electron chi connectivity index (χ3n) is 4.50. The van der Waals surface area contributed by atoms with E-state index in [4.69, 9.17) is 4.74 Å². The minimum Gasteiger partial charge on any atom is -0.497 e. The number of hydrogen-bond acceptors (Lipinski definition) is 5. The van der Waals surface area contributed by atoms with E-state index >= 15 is 0 Å². The standard InChI is InChI=1S/C20H20N4O5/c1-12(25)21-15-8-4-6-13(10-15)17(26)23-24-18(27)20(2,22-19(24)28)14-7-5-9-16(11-14)29-3/h4-11H,1-3H3,(H,21,25)(H,22,28)(H,23,26). The Morgan fingerprint density at radius 1 is 1.10 bits per heavy atom. The molecule has 2 aromatic carbocycles. The quantitative estimate of drug-likeness (QED) is 0.666. The van der Waals surface area contributed by atoms with E-state index in [1.165, 1.54) is 26.2 Å². The number of nitrogens with zero attached hydrogens (tertiary/aromatic N) is 1. The molecule has 0 saturated carbocycles. The number of nitrogens with one attached hydrogen (secondary N) is 3. The number of ether oxygens (including phenoxy) is 1. The average Bonchev–Trinajstić information content (AvgIpc) is 2.91. The number of carbonyl (C=O) groups is 4. The van der Waals surface area contributed by atoms with E-state index in [9.17, 15) is 19.2 Å². The second kappa shape index (κ2) is 7.63. The average molecular weight is 396 g/mol.